The number of ether oxygens (including phenoxy) is 2. The third-order valence-corrected chi connectivity index (χ3v) is 5.72. The molecule has 23 heavy (non-hydrogen) atoms. The molecule has 0 bridgehead atoms. The Kier molecular flexibility index (Phi) is 8.06. The molecule has 6 nitrogen and oxygen atoms in total. The molecule has 132 valence electrons. The molecule has 0 saturated carbocycles. The van der Waals surface area contributed by atoms with Crippen molar-refractivity contribution in [2.45, 2.75) is 23.8 Å². The molecule has 0 radical (unpaired) electrons. The van der Waals surface area contributed by atoms with Gasteiger partial charge < -0.3 is 15.2 Å². The smallest absolute Gasteiger partial charge is 0.246 e. The van der Waals surface area contributed by atoms with E-state index in [4.69, 9.17) is 26.8 Å². The molecule has 0 amide bonds. The highest BCUT2D eigenvalue weighted by molar-refractivity contribution is 7.89. The number of hydrogen-bond donors (Lipinski definition) is 1. The zero-order valence-electron chi connectivity index (χ0n) is 12.9. The summed E-state index contributed by atoms with van der Waals surface area (Å²) in [6, 6.07) is 4.66. The van der Waals surface area contributed by atoms with Crippen LogP contribution in [0.1, 0.15) is 12.8 Å². The van der Waals surface area contributed by atoms with Crippen molar-refractivity contribution in [1.29, 1.82) is 0 Å². The molecule has 1 aliphatic rings. The number of hydrogen-bond acceptors (Lipinski definition) is 5. The molecular weight excluding hydrogens is 363 g/mol. The van der Waals surface area contributed by atoms with Gasteiger partial charge in [0.25, 0.3) is 0 Å². The van der Waals surface area contributed by atoms with Gasteiger partial charge in [0.15, 0.2) is 0 Å². The summed E-state index contributed by atoms with van der Waals surface area (Å²) in [5.74, 6) is 0.288. The standard InChI is InChI=1S/C14H21ClN2O4S.ClH/c1-20-8-9-21-13-3-2-11(15)10-14(13)22(18,19)17-6-4-12(16)5-7-17;/h2-3,10,12H,4-9,16H2,1H3;1H. The summed E-state index contributed by atoms with van der Waals surface area (Å²) in [4.78, 5) is 0.0894. The molecule has 1 aromatic rings. The van der Waals surface area contributed by atoms with E-state index in [0.717, 1.165) is 0 Å². The lowest BCUT2D eigenvalue weighted by Gasteiger charge is -2.29. The van der Waals surface area contributed by atoms with Gasteiger partial charge in [0.05, 0.1) is 6.61 Å². The Hall–Kier alpha value is -0.570. The van der Waals surface area contributed by atoms with Gasteiger partial charge in [-0.15, -0.1) is 12.4 Å². The van der Waals surface area contributed by atoms with E-state index in [2.05, 4.69) is 0 Å². The largest absolute Gasteiger partial charge is 0.490 e. The zero-order chi connectivity index (χ0) is 16.2. The minimum Gasteiger partial charge on any atom is -0.490 e. The van der Waals surface area contributed by atoms with Crippen LogP contribution in [-0.4, -0.2) is 52.2 Å². The van der Waals surface area contributed by atoms with Gasteiger partial charge in [-0.05, 0) is 31.0 Å². The highest BCUT2D eigenvalue weighted by atomic mass is 35.5. The number of nitrogens with zero attached hydrogens (tertiary/aromatic N) is 1. The molecule has 9 heteroatoms. The summed E-state index contributed by atoms with van der Waals surface area (Å²) in [5.41, 5.74) is 5.83. The van der Waals surface area contributed by atoms with Crippen LogP contribution in [0.5, 0.6) is 5.75 Å². The normalized spacial score (nSPS) is 16.8. The van der Waals surface area contributed by atoms with Crippen LogP contribution in [0.2, 0.25) is 5.02 Å². The lowest BCUT2D eigenvalue weighted by atomic mass is 10.1. The van der Waals surface area contributed by atoms with E-state index in [-0.39, 0.29) is 35.7 Å². The molecule has 1 aliphatic heterocycles. The van der Waals surface area contributed by atoms with E-state index in [1.807, 2.05) is 0 Å². The van der Waals surface area contributed by atoms with E-state index in [9.17, 15) is 8.42 Å². The number of benzene rings is 1. The summed E-state index contributed by atoms with van der Waals surface area (Å²) >= 11 is 5.96. The van der Waals surface area contributed by atoms with Gasteiger partial charge in [0.2, 0.25) is 10.0 Å². The van der Waals surface area contributed by atoms with Crippen LogP contribution in [0, 0.1) is 0 Å². The second kappa shape index (κ2) is 9.05. The van der Waals surface area contributed by atoms with Gasteiger partial charge in [-0.1, -0.05) is 11.6 Å². The molecule has 1 heterocycles. The van der Waals surface area contributed by atoms with Crippen molar-refractivity contribution in [3.05, 3.63) is 23.2 Å². The average Bonchev–Trinajstić information content (AvgIpc) is 2.49. The summed E-state index contributed by atoms with van der Waals surface area (Å²) < 4.78 is 37.5. The Balaban J connectivity index is 0.00000264. The summed E-state index contributed by atoms with van der Waals surface area (Å²) in [6.45, 7) is 1.47. The summed E-state index contributed by atoms with van der Waals surface area (Å²) in [6.07, 6.45) is 1.30. The van der Waals surface area contributed by atoms with Crippen molar-refractivity contribution in [2.75, 3.05) is 33.4 Å². The van der Waals surface area contributed by atoms with E-state index in [0.29, 0.717) is 37.6 Å². The minimum absolute atomic E-state index is 0. The van der Waals surface area contributed by atoms with Crippen molar-refractivity contribution in [3.8, 4) is 5.75 Å². The molecular formula is C14H22Cl2N2O4S. The van der Waals surface area contributed by atoms with Crippen LogP contribution in [-0.2, 0) is 14.8 Å². The molecule has 0 aliphatic carbocycles. The van der Waals surface area contributed by atoms with Crippen molar-refractivity contribution >= 4 is 34.0 Å². The molecule has 0 atom stereocenters. The van der Waals surface area contributed by atoms with Crippen molar-refractivity contribution in [1.82, 2.24) is 4.31 Å². The third-order valence-electron chi connectivity index (χ3n) is 3.57. The van der Waals surface area contributed by atoms with Crippen LogP contribution < -0.4 is 10.5 Å². The van der Waals surface area contributed by atoms with Crippen molar-refractivity contribution < 1.29 is 17.9 Å². The quantitative estimate of drug-likeness (QED) is 0.757. The fraction of sp³-hybridized carbons (Fsp3) is 0.571. The number of rotatable bonds is 6. The molecule has 1 saturated heterocycles. The van der Waals surface area contributed by atoms with Gasteiger partial charge >= 0.3 is 0 Å². The van der Waals surface area contributed by atoms with Gasteiger partial charge in [-0.2, -0.15) is 4.31 Å². The Labute approximate surface area is 148 Å². The van der Waals surface area contributed by atoms with Gasteiger partial charge in [0, 0.05) is 31.3 Å². The van der Waals surface area contributed by atoms with Crippen LogP contribution in [0.15, 0.2) is 23.1 Å². The number of sulfonamides is 1. The molecule has 0 spiro atoms. The van der Waals surface area contributed by atoms with Gasteiger partial charge in [0.1, 0.15) is 17.3 Å². The molecule has 1 fully saturated rings. The highest BCUT2D eigenvalue weighted by Crippen LogP contribution is 2.31. The maximum absolute atomic E-state index is 12.8. The molecule has 1 aromatic carbocycles. The number of halogens is 2. The Morgan fingerprint density at radius 2 is 1.96 bits per heavy atom. The van der Waals surface area contributed by atoms with Gasteiger partial charge in [-0.25, -0.2) is 8.42 Å². The minimum atomic E-state index is -3.65. The predicted octanol–water partition coefficient (Wildman–Crippen LogP) is 1.90. The zero-order valence-corrected chi connectivity index (χ0v) is 15.3. The monoisotopic (exact) mass is 384 g/mol. The van der Waals surface area contributed by atoms with Crippen molar-refractivity contribution in [2.24, 2.45) is 5.73 Å². The third kappa shape index (κ3) is 5.20. The van der Waals surface area contributed by atoms with Crippen LogP contribution in [0.3, 0.4) is 0 Å². The van der Waals surface area contributed by atoms with Crippen LogP contribution in [0.4, 0.5) is 0 Å². The predicted molar refractivity (Wildman–Crippen MR) is 92.0 cm³/mol. The van der Waals surface area contributed by atoms with E-state index in [1.54, 1.807) is 19.2 Å². The fourth-order valence-corrected chi connectivity index (χ4v) is 4.16. The lowest BCUT2D eigenvalue weighted by Crippen LogP contribution is -2.42. The first-order chi connectivity index (χ1) is 10.4. The number of nitrogens with two attached hydrogens (primary N) is 1. The number of methoxy groups -OCH3 is 1. The molecule has 0 aromatic heterocycles. The molecule has 2 rings (SSSR count). The first-order valence-electron chi connectivity index (χ1n) is 7.12. The highest BCUT2D eigenvalue weighted by Gasteiger charge is 2.31. The maximum Gasteiger partial charge on any atom is 0.246 e. The molecule has 0 unspecified atom stereocenters. The van der Waals surface area contributed by atoms with Crippen LogP contribution >= 0.6 is 24.0 Å². The lowest BCUT2D eigenvalue weighted by molar-refractivity contribution is 0.144. The van der Waals surface area contributed by atoms with Crippen molar-refractivity contribution in [3.63, 3.8) is 0 Å². The molecule has 2 N–H and O–H groups in total. The second-order valence-electron chi connectivity index (χ2n) is 5.17. The Bertz CT molecular complexity index is 605. The Morgan fingerprint density at radius 1 is 1.30 bits per heavy atom. The van der Waals surface area contributed by atoms with Gasteiger partial charge in [-0.3, -0.25) is 0 Å². The Morgan fingerprint density at radius 3 is 2.57 bits per heavy atom. The second-order valence-corrected chi connectivity index (χ2v) is 7.52. The fourth-order valence-electron chi connectivity index (χ4n) is 2.29. The topological polar surface area (TPSA) is 81.9 Å². The van der Waals surface area contributed by atoms with E-state index >= 15 is 0 Å². The summed E-state index contributed by atoms with van der Waals surface area (Å²) in [5, 5.41) is 0.353. The summed E-state index contributed by atoms with van der Waals surface area (Å²) in [7, 11) is -2.09. The van der Waals surface area contributed by atoms with E-state index < -0.39 is 10.0 Å². The van der Waals surface area contributed by atoms with E-state index in [1.165, 1.54) is 10.4 Å². The SMILES string of the molecule is COCCOc1ccc(Cl)cc1S(=O)(=O)N1CCC(N)CC1.Cl. The average molecular weight is 385 g/mol. The first-order valence-corrected chi connectivity index (χ1v) is 8.94. The maximum atomic E-state index is 12.8. The number of piperidine rings is 1. The van der Waals surface area contributed by atoms with Crippen LogP contribution in [0.25, 0.3) is 0 Å². The first kappa shape index (κ1) is 20.5.